The summed E-state index contributed by atoms with van der Waals surface area (Å²) in [6.45, 7) is 4.98. The van der Waals surface area contributed by atoms with E-state index >= 15 is 0 Å². The van der Waals surface area contributed by atoms with Crippen LogP contribution < -0.4 is 5.32 Å². The molecule has 0 aliphatic carbocycles. The molecule has 0 aliphatic heterocycles. The maximum Gasteiger partial charge on any atom is 0.230 e. The van der Waals surface area contributed by atoms with E-state index in [4.69, 9.17) is 4.98 Å². The average Bonchev–Trinajstić information content (AvgIpc) is 3.16. The number of aromatic nitrogens is 4. The summed E-state index contributed by atoms with van der Waals surface area (Å²) >= 11 is 1.38. The van der Waals surface area contributed by atoms with E-state index in [0.717, 1.165) is 34.4 Å². The van der Waals surface area contributed by atoms with Crippen LogP contribution in [0.2, 0.25) is 0 Å². The third kappa shape index (κ3) is 4.24. The van der Waals surface area contributed by atoms with Gasteiger partial charge in [-0.3, -0.25) is 9.20 Å². The second-order valence-electron chi connectivity index (χ2n) is 7.28. The normalized spacial score (nSPS) is 11.4. The number of amides is 1. The van der Waals surface area contributed by atoms with Gasteiger partial charge in [0.15, 0.2) is 10.8 Å². The van der Waals surface area contributed by atoms with Crippen molar-refractivity contribution < 1.29 is 4.79 Å². The first-order valence-corrected chi connectivity index (χ1v) is 10.7. The van der Waals surface area contributed by atoms with Gasteiger partial charge >= 0.3 is 0 Å². The number of nitrogens with zero attached hydrogens (tertiary/aromatic N) is 4. The quantitative estimate of drug-likeness (QED) is 0.467. The van der Waals surface area contributed by atoms with Gasteiger partial charge in [-0.25, -0.2) is 4.98 Å². The summed E-state index contributed by atoms with van der Waals surface area (Å²) in [5.41, 5.74) is 2.60. The fraction of sp³-hybridized carbons (Fsp3) is 0.273. The molecular formula is C22H23N5OS. The number of rotatable bonds is 7. The van der Waals surface area contributed by atoms with Gasteiger partial charge in [0.05, 0.1) is 11.3 Å². The number of carbonyl (C=O) groups excluding carboxylic acids is 1. The van der Waals surface area contributed by atoms with E-state index in [1.54, 1.807) is 0 Å². The van der Waals surface area contributed by atoms with Crippen molar-refractivity contribution >= 4 is 34.2 Å². The average molecular weight is 406 g/mol. The Balaban J connectivity index is 1.68. The Labute approximate surface area is 173 Å². The monoisotopic (exact) mass is 405 g/mol. The number of thioether (sulfide) groups is 1. The summed E-state index contributed by atoms with van der Waals surface area (Å²) in [5, 5.41) is 13.4. The maximum atomic E-state index is 12.2. The standard InChI is InChI=1S/C22H23N5OS/c1-15(2)12-13-23-19(28)14-29-22-26-25-21-17-10-6-7-11-18(17)24-20(27(21)22)16-8-4-3-5-9-16/h3-11,15H,12-14H2,1-2H3,(H,23,28). The minimum absolute atomic E-state index is 0.00223. The summed E-state index contributed by atoms with van der Waals surface area (Å²) in [5.74, 6) is 1.63. The Kier molecular flexibility index (Phi) is 5.76. The Morgan fingerprint density at radius 3 is 2.62 bits per heavy atom. The van der Waals surface area contributed by atoms with E-state index in [-0.39, 0.29) is 5.91 Å². The summed E-state index contributed by atoms with van der Waals surface area (Å²) in [6, 6.07) is 17.9. The van der Waals surface area contributed by atoms with E-state index in [1.807, 2.05) is 59.0 Å². The van der Waals surface area contributed by atoms with Crippen LogP contribution in [0.15, 0.2) is 59.8 Å². The molecule has 148 valence electrons. The first-order valence-electron chi connectivity index (χ1n) is 9.72. The van der Waals surface area contributed by atoms with Crippen molar-refractivity contribution in [2.45, 2.75) is 25.4 Å². The second-order valence-corrected chi connectivity index (χ2v) is 8.22. The summed E-state index contributed by atoms with van der Waals surface area (Å²) < 4.78 is 1.95. The van der Waals surface area contributed by atoms with Gasteiger partial charge in [0, 0.05) is 17.5 Å². The molecule has 6 nitrogen and oxygen atoms in total. The molecule has 29 heavy (non-hydrogen) atoms. The largest absolute Gasteiger partial charge is 0.355 e. The fourth-order valence-electron chi connectivity index (χ4n) is 3.12. The molecule has 0 unspecified atom stereocenters. The first-order chi connectivity index (χ1) is 14.1. The van der Waals surface area contributed by atoms with Crippen molar-refractivity contribution in [1.29, 1.82) is 0 Å². The zero-order valence-corrected chi connectivity index (χ0v) is 17.3. The smallest absolute Gasteiger partial charge is 0.230 e. The Hall–Kier alpha value is -2.93. The molecule has 1 amide bonds. The van der Waals surface area contributed by atoms with Gasteiger partial charge < -0.3 is 5.32 Å². The molecule has 1 N–H and O–H groups in total. The molecule has 0 bridgehead atoms. The van der Waals surface area contributed by atoms with Crippen LogP contribution >= 0.6 is 11.8 Å². The molecule has 0 fully saturated rings. The van der Waals surface area contributed by atoms with Crippen molar-refractivity contribution in [3.63, 3.8) is 0 Å². The van der Waals surface area contributed by atoms with Crippen LogP contribution in [0, 0.1) is 5.92 Å². The SMILES string of the molecule is CC(C)CCNC(=O)CSc1nnc2c3ccccc3nc(-c3ccccc3)n12. The second kappa shape index (κ2) is 8.61. The van der Waals surface area contributed by atoms with Crippen LogP contribution in [0.1, 0.15) is 20.3 Å². The number of hydrogen-bond acceptors (Lipinski definition) is 5. The van der Waals surface area contributed by atoms with E-state index in [9.17, 15) is 4.79 Å². The molecule has 0 radical (unpaired) electrons. The Bertz CT molecular complexity index is 1140. The predicted molar refractivity (Wildman–Crippen MR) is 117 cm³/mol. The topological polar surface area (TPSA) is 72.2 Å². The molecule has 0 aliphatic rings. The Morgan fingerprint density at radius 2 is 1.83 bits per heavy atom. The summed E-state index contributed by atoms with van der Waals surface area (Å²) in [4.78, 5) is 17.1. The molecule has 7 heteroatoms. The number of benzene rings is 2. The van der Waals surface area contributed by atoms with E-state index in [2.05, 4.69) is 29.4 Å². The lowest BCUT2D eigenvalue weighted by molar-refractivity contribution is -0.118. The lowest BCUT2D eigenvalue weighted by atomic mass is 10.1. The molecule has 0 saturated heterocycles. The van der Waals surface area contributed by atoms with E-state index < -0.39 is 0 Å². The van der Waals surface area contributed by atoms with Gasteiger partial charge in [0.2, 0.25) is 5.91 Å². The third-order valence-corrected chi connectivity index (χ3v) is 5.55. The zero-order valence-electron chi connectivity index (χ0n) is 16.5. The van der Waals surface area contributed by atoms with Crippen molar-refractivity contribution in [3.8, 4) is 11.4 Å². The van der Waals surface area contributed by atoms with Crippen LogP contribution in [-0.2, 0) is 4.79 Å². The van der Waals surface area contributed by atoms with Crippen molar-refractivity contribution in [1.82, 2.24) is 24.9 Å². The van der Waals surface area contributed by atoms with Crippen LogP contribution in [0.25, 0.3) is 27.9 Å². The molecule has 2 aromatic heterocycles. The molecule has 2 aromatic carbocycles. The fourth-order valence-corrected chi connectivity index (χ4v) is 3.88. The van der Waals surface area contributed by atoms with E-state index in [1.165, 1.54) is 11.8 Å². The van der Waals surface area contributed by atoms with Gasteiger partial charge in [-0.1, -0.05) is 68.1 Å². The highest BCUT2D eigenvalue weighted by atomic mass is 32.2. The molecule has 2 heterocycles. The minimum Gasteiger partial charge on any atom is -0.355 e. The lowest BCUT2D eigenvalue weighted by Crippen LogP contribution is -2.27. The molecule has 0 spiro atoms. The van der Waals surface area contributed by atoms with Gasteiger partial charge in [0.25, 0.3) is 0 Å². The van der Waals surface area contributed by atoms with Gasteiger partial charge in [0.1, 0.15) is 5.82 Å². The number of fused-ring (bicyclic) bond motifs is 3. The summed E-state index contributed by atoms with van der Waals surface area (Å²) in [6.07, 6.45) is 0.971. The highest BCUT2D eigenvalue weighted by Gasteiger charge is 2.17. The van der Waals surface area contributed by atoms with Crippen LogP contribution in [0.3, 0.4) is 0 Å². The third-order valence-electron chi connectivity index (χ3n) is 4.62. The van der Waals surface area contributed by atoms with Crippen LogP contribution in [0.5, 0.6) is 0 Å². The van der Waals surface area contributed by atoms with Crippen LogP contribution in [0.4, 0.5) is 0 Å². The zero-order chi connectivity index (χ0) is 20.2. The van der Waals surface area contributed by atoms with E-state index in [0.29, 0.717) is 23.4 Å². The summed E-state index contributed by atoms with van der Waals surface area (Å²) in [7, 11) is 0. The van der Waals surface area contributed by atoms with Gasteiger partial charge in [-0.2, -0.15) is 0 Å². The van der Waals surface area contributed by atoms with Crippen LogP contribution in [-0.4, -0.2) is 37.8 Å². The minimum atomic E-state index is 0.00223. The highest BCUT2D eigenvalue weighted by molar-refractivity contribution is 7.99. The lowest BCUT2D eigenvalue weighted by Gasteiger charge is -2.10. The predicted octanol–water partition coefficient (Wildman–Crippen LogP) is 4.20. The van der Waals surface area contributed by atoms with Crippen molar-refractivity contribution in [3.05, 3.63) is 54.6 Å². The molecule has 0 saturated carbocycles. The van der Waals surface area contributed by atoms with Gasteiger partial charge in [-0.15, -0.1) is 10.2 Å². The highest BCUT2D eigenvalue weighted by Crippen LogP contribution is 2.28. The molecule has 4 aromatic rings. The molecular weight excluding hydrogens is 382 g/mol. The molecule has 0 atom stereocenters. The van der Waals surface area contributed by atoms with Crippen molar-refractivity contribution in [2.75, 3.05) is 12.3 Å². The Morgan fingerprint density at radius 1 is 1.07 bits per heavy atom. The maximum absolute atomic E-state index is 12.2. The number of para-hydroxylation sites is 1. The first kappa shape index (κ1) is 19.4. The molecule has 4 rings (SSSR count). The number of nitrogens with one attached hydrogen (secondary N) is 1. The number of hydrogen-bond donors (Lipinski definition) is 1. The number of carbonyl (C=O) groups is 1. The van der Waals surface area contributed by atoms with Crippen molar-refractivity contribution in [2.24, 2.45) is 5.92 Å². The van der Waals surface area contributed by atoms with Gasteiger partial charge in [-0.05, 0) is 24.5 Å².